The second-order valence-electron chi connectivity index (χ2n) is 20.3. The normalized spacial score (nSPS) is 57.2. The van der Waals surface area contributed by atoms with Gasteiger partial charge in [0.25, 0.3) is 0 Å². The molecule has 2 bridgehead atoms. The van der Waals surface area contributed by atoms with E-state index in [-0.39, 0.29) is 41.3 Å². The van der Waals surface area contributed by atoms with Crippen molar-refractivity contribution in [2.75, 3.05) is 13.2 Å². The number of carbonyl (C=O) groups excluding carboxylic acids is 1. The summed E-state index contributed by atoms with van der Waals surface area (Å²) in [5, 5.41) is 87.5. The van der Waals surface area contributed by atoms with Crippen LogP contribution in [0.25, 0.3) is 0 Å². The predicted molar refractivity (Wildman–Crippen MR) is 192 cm³/mol. The molecule has 0 aromatic carbocycles. The van der Waals surface area contributed by atoms with Crippen LogP contribution < -0.4 is 0 Å². The Bertz CT molecular complexity index is 1580. The fourth-order valence-electron chi connectivity index (χ4n) is 13.9. The number of aliphatic hydroxyl groups is 8. The van der Waals surface area contributed by atoms with Crippen molar-refractivity contribution in [2.24, 2.45) is 38.9 Å². The molecule has 19 atom stereocenters. The molecular formula is C41H64O14. The van der Waals surface area contributed by atoms with Gasteiger partial charge in [0.2, 0.25) is 0 Å². The summed E-state index contributed by atoms with van der Waals surface area (Å²) in [5.74, 6) is 0.0430. The minimum atomic E-state index is -1.71. The molecule has 1 unspecified atom stereocenters. The summed E-state index contributed by atoms with van der Waals surface area (Å²) in [6.45, 7) is 14.1. The van der Waals surface area contributed by atoms with Gasteiger partial charge in [0, 0.05) is 0 Å². The standard InChI is InChI=1S/C41H64O14/c1-35(2)22-8-11-37(4)23(16-19(43)25-31-40(7,50)39(6)13-15-41(31,34(49)55-39)14-12-38(25,37)5)36(22,3)10-9-24(35)53-32-29(48)30(20(44)18-51-32)54-33-28(47)27(46)26(45)21(17-42)52-33/h19-24,26-30,32-33,42-48,50H,8-18H2,1-7H3/t19-,20+,21-,22?,23-,24+,26-,27+,28-,29-,30+,32+,33+,36+,37-,38-,39+,40+,41-/m1/s1. The lowest BCUT2D eigenvalue weighted by Gasteiger charge is -2.73. The molecule has 0 amide bonds. The smallest absolute Gasteiger partial charge is 0.317 e. The maximum Gasteiger partial charge on any atom is 0.317 e. The second kappa shape index (κ2) is 12.9. The van der Waals surface area contributed by atoms with Crippen molar-refractivity contribution in [3.63, 3.8) is 0 Å². The van der Waals surface area contributed by atoms with E-state index in [0.717, 1.165) is 36.8 Å². The highest BCUT2D eigenvalue weighted by molar-refractivity contribution is 5.86. The molecule has 4 heterocycles. The summed E-state index contributed by atoms with van der Waals surface area (Å²) < 4.78 is 29.7. The number of esters is 1. The van der Waals surface area contributed by atoms with Crippen LogP contribution in [0.3, 0.4) is 0 Å². The van der Waals surface area contributed by atoms with Gasteiger partial charge < -0.3 is 64.5 Å². The van der Waals surface area contributed by atoms with Crippen molar-refractivity contribution in [3.8, 4) is 0 Å². The third kappa shape index (κ3) is 5.25. The Labute approximate surface area is 323 Å². The van der Waals surface area contributed by atoms with Gasteiger partial charge in [-0.15, -0.1) is 0 Å². The monoisotopic (exact) mass is 780 g/mol. The van der Waals surface area contributed by atoms with Crippen molar-refractivity contribution in [1.29, 1.82) is 0 Å². The zero-order chi connectivity index (χ0) is 40.1. The molecule has 9 aliphatic rings. The van der Waals surface area contributed by atoms with Gasteiger partial charge in [-0.05, 0) is 116 Å². The van der Waals surface area contributed by atoms with Crippen LogP contribution in [0.4, 0.5) is 0 Å². The zero-order valence-corrected chi connectivity index (χ0v) is 33.3. The molecule has 4 saturated heterocycles. The lowest BCUT2D eigenvalue weighted by Crippen LogP contribution is -2.72. The van der Waals surface area contributed by atoms with Crippen molar-refractivity contribution in [1.82, 2.24) is 0 Å². The molecule has 9 rings (SSSR count). The van der Waals surface area contributed by atoms with Crippen LogP contribution >= 0.6 is 0 Å². The van der Waals surface area contributed by atoms with E-state index in [4.69, 9.17) is 23.7 Å². The molecule has 4 saturated carbocycles. The summed E-state index contributed by atoms with van der Waals surface area (Å²) in [6, 6.07) is 0. The lowest BCUT2D eigenvalue weighted by atomic mass is 9.33. The summed E-state index contributed by atoms with van der Waals surface area (Å²) in [4.78, 5) is 13.7. The Morgan fingerprint density at radius 3 is 2.13 bits per heavy atom. The first kappa shape index (κ1) is 40.5. The maximum absolute atomic E-state index is 13.7. The van der Waals surface area contributed by atoms with Crippen LogP contribution in [-0.4, -0.2) is 139 Å². The molecule has 0 aromatic rings. The quantitative estimate of drug-likeness (QED) is 0.112. The number of fused-ring (bicyclic) bond motifs is 7. The highest BCUT2D eigenvalue weighted by atomic mass is 16.7. The first-order chi connectivity index (χ1) is 25.5. The van der Waals surface area contributed by atoms with Crippen LogP contribution in [0.1, 0.15) is 106 Å². The number of hydrogen-bond acceptors (Lipinski definition) is 14. The van der Waals surface area contributed by atoms with Gasteiger partial charge in [-0.2, -0.15) is 0 Å². The molecule has 0 radical (unpaired) electrons. The van der Waals surface area contributed by atoms with Gasteiger partial charge in [-0.25, -0.2) is 0 Å². The van der Waals surface area contributed by atoms with Crippen molar-refractivity contribution in [2.45, 2.75) is 185 Å². The van der Waals surface area contributed by atoms with Gasteiger partial charge >= 0.3 is 5.97 Å². The van der Waals surface area contributed by atoms with E-state index < -0.39 is 95.5 Å². The lowest BCUT2D eigenvalue weighted by molar-refractivity contribution is -0.357. The maximum atomic E-state index is 13.7. The highest BCUT2D eigenvalue weighted by Crippen LogP contribution is 2.77. The van der Waals surface area contributed by atoms with Crippen LogP contribution in [0.5, 0.6) is 0 Å². The molecule has 55 heavy (non-hydrogen) atoms. The molecule has 14 heteroatoms. The minimum Gasteiger partial charge on any atom is -0.455 e. The number of carbonyl (C=O) groups is 1. The van der Waals surface area contributed by atoms with Gasteiger partial charge in [-0.3, -0.25) is 4.79 Å². The molecule has 8 fully saturated rings. The Hall–Kier alpha value is -1.27. The van der Waals surface area contributed by atoms with Crippen LogP contribution in [0.15, 0.2) is 11.1 Å². The van der Waals surface area contributed by atoms with E-state index in [1.807, 2.05) is 6.92 Å². The van der Waals surface area contributed by atoms with E-state index in [1.54, 1.807) is 6.92 Å². The highest BCUT2D eigenvalue weighted by Gasteiger charge is 2.75. The van der Waals surface area contributed by atoms with E-state index >= 15 is 0 Å². The molecule has 14 nitrogen and oxygen atoms in total. The van der Waals surface area contributed by atoms with Gasteiger partial charge in [0.15, 0.2) is 12.6 Å². The Balaban J connectivity index is 1.04. The summed E-state index contributed by atoms with van der Waals surface area (Å²) in [5.41, 5.74) is -3.02. The summed E-state index contributed by atoms with van der Waals surface area (Å²) in [6.07, 6.45) is -8.01. The number of hydrogen-bond donors (Lipinski definition) is 8. The average Bonchev–Trinajstić information content (AvgIpc) is 3.11. The zero-order valence-electron chi connectivity index (χ0n) is 33.3. The predicted octanol–water partition coefficient (Wildman–Crippen LogP) is 1.20. The third-order valence-corrected chi connectivity index (χ3v) is 17.6. The van der Waals surface area contributed by atoms with E-state index in [1.165, 1.54) is 0 Å². The minimum absolute atomic E-state index is 0.133. The second-order valence-corrected chi connectivity index (χ2v) is 20.3. The van der Waals surface area contributed by atoms with E-state index in [9.17, 15) is 45.6 Å². The van der Waals surface area contributed by atoms with Gasteiger partial charge in [0.05, 0.1) is 30.8 Å². The van der Waals surface area contributed by atoms with Crippen molar-refractivity contribution < 1.29 is 69.3 Å². The fraction of sp³-hybridized carbons (Fsp3) is 0.927. The Morgan fingerprint density at radius 2 is 1.45 bits per heavy atom. The molecule has 5 aliphatic carbocycles. The molecule has 312 valence electrons. The number of rotatable bonds is 5. The average molecular weight is 781 g/mol. The number of aliphatic hydroxyl groups excluding tert-OH is 7. The van der Waals surface area contributed by atoms with Gasteiger partial charge in [0.1, 0.15) is 53.9 Å². The molecule has 0 aromatic heterocycles. The van der Waals surface area contributed by atoms with E-state index in [0.29, 0.717) is 32.1 Å². The Kier molecular flexibility index (Phi) is 9.47. The molecule has 1 spiro atoms. The molecular weight excluding hydrogens is 716 g/mol. The third-order valence-electron chi connectivity index (χ3n) is 17.6. The first-order valence-electron chi connectivity index (χ1n) is 20.5. The summed E-state index contributed by atoms with van der Waals surface area (Å²) in [7, 11) is 0. The van der Waals surface area contributed by atoms with Gasteiger partial charge in [-0.1, -0.05) is 34.6 Å². The number of ether oxygens (including phenoxy) is 5. The molecule has 4 aliphatic heterocycles. The van der Waals surface area contributed by atoms with Crippen LogP contribution in [0, 0.1) is 38.9 Å². The van der Waals surface area contributed by atoms with E-state index in [2.05, 4.69) is 34.6 Å². The fourth-order valence-corrected chi connectivity index (χ4v) is 13.9. The largest absolute Gasteiger partial charge is 0.455 e. The SMILES string of the molecule is CC1(C)C2CC[C@]3(C)[C@H](C[C@@H](O)C4=C5[C@]6(CC[C@](C)(OC6=O)[C@@]5(C)O)CC[C@]43C)[C@@]2(C)CC[C@@H]1O[C@@H]1OC[C@H](O)[C@H](O[C@@H]2O[C@H](CO)[C@@H](O)[C@H](O)[C@H]2O)[C@H]1O. The van der Waals surface area contributed by atoms with Crippen LogP contribution in [0.2, 0.25) is 0 Å². The molecule has 8 N–H and O–H groups in total. The topological polar surface area (TPSA) is 225 Å². The van der Waals surface area contributed by atoms with Crippen molar-refractivity contribution >= 4 is 5.97 Å². The van der Waals surface area contributed by atoms with Crippen LogP contribution in [-0.2, 0) is 28.5 Å². The Morgan fingerprint density at radius 1 is 0.764 bits per heavy atom. The van der Waals surface area contributed by atoms with Crippen molar-refractivity contribution in [3.05, 3.63) is 11.1 Å². The summed E-state index contributed by atoms with van der Waals surface area (Å²) >= 11 is 0. The first-order valence-corrected chi connectivity index (χ1v) is 20.5.